The summed E-state index contributed by atoms with van der Waals surface area (Å²) in [6.07, 6.45) is 2.08. The van der Waals surface area contributed by atoms with Gasteiger partial charge in [0, 0.05) is 26.3 Å². The van der Waals surface area contributed by atoms with E-state index in [9.17, 15) is 0 Å². The standard InChI is InChI=1S/C16H22N2OS/c1-18(2)14-6-4-13(5-7-14)10-17-11-15-8-9-16(19-15)12-20-3/h4-9,17H,10-12H2,1-3H3. The largest absolute Gasteiger partial charge is 0.464 e. The maximum Gasteiger partial charge on any atom is 0.118 e. The lowest BCUT2D eigenvalue weighted by atomic mass is 10.2. The maximum absolute atomic E-state index is 5.72. The van der Waals surface area contributed by atoms with Crippen LogP contribution in [0.5, 0.6) is 0 Å². The molecule has 0 bridgehead atoms. The van der Waals surface area contributed by atoms with Gasteiger partial charge in [0.15, 0.2) is 0 Å². The van der Waals surface area contributed by atoms with Crippen molar-refractivity contribution in [1.82, 2.24) is 5.32 Å². The average Bonchev–Trinajstić information content (AvgIpc) is 2.87. The van der Waals surface area contributed by atoms with Crippen molar-refractivity contribution in [3.63, 3.8) is 0 Å². The molecule has 3 nitrogen and oxygen atoms in total. The van der Waals surface area contributed by atoms with Crippen LogP contribution in [0.2, 0.25) is 0 Å². The fourth-order valence-electron chi connectivity index (χ4n) is 1.98. The molecule has 2 aromatic rings. The molecule has 0 unspecified atom stereocenters. The highest BCUT2D eigenvalue weighted by Gasteiger charge is 2.01. The molecule has 0 amide bonds. The molecule has 0 fully saturated rings. The highest BCUT2D eigenvalue weighted by atomic mass is 32.2. The van der Waals surface area contributed by atoms with Gasteiger partial charge >= 0.3 is 0 Å². The number of hydrogen-bond donors (Lipinski definition) is 1. The van der Waals surface area contributed by atoms with Gasteiger partial charge in [0.2, 0.25) is 0 Å². The molecule has 0 saturated carbocycles. The quantitative estimate of drug-likeness (QED) is 0.845. The van der Waals surface area contributed by atoms with Gasteiger partial charge in [-0.05, 0) is 36.1 Å². The number of rotatable bonds is 7. The molecule has 0 aliphatic carbocycles. The third kappa shape index (κ3) is 4.32. The summed E-state index contributed by atoms with van der Waals surface area (Å²) >= 11 is 1.77. The molecular weight excluding hydrogens is 268 g/mol. The summed E-state index contributed by atoms with van der Waals surface area (Å²) in [4.78, 5) is 2.10. The van der Waals surface area contributed by atoms with Gasteiger partial charge in [0.05, 0.1) is 12.3 Å². The molecule has 108 valence electrons. The molecule has 1 aromatic heterocycles. The van der Waals surface area contributed by atoms with Crippen LogP contribution in [-0.2, 0) is 18.8 Å². The molecule has 0 spiro atoms. The van der Waals surface area contributed by atoms with E-state index in [-0.39, 0.29) is 0 Å². The topological polar surface area (TPSA) is 28.4 Å². The van der Waals surface area contributed by atoms with Crippen LogP contribution in [0, 0.1) is 0 Å². The minimum absolute atomic E-state index is 0.768. The van der Waals surface area contributed by atoms with E-state index in [1.165, 1.54) is 11.3 Å². The zero-order chi connectivity index (χ0) is 14.4. The Labute approximate surface area is 125 Å². The first-order valence-electron chi connectivity index (χ1n) is 6.72. The van der Waals surface area contributed by atoms with E-state index in [4.69, 9.17) is 4.42 Å². The molecule has 0 aliphatic rings. The lowest BCUT2D eigenvalue weighted by Gasteiger charge is -2.12. The second-order valence-electron chi connectivity index (χ2n) is 4.97. The number of hydrogen-bond acceptors (Lipinski definition) is 4. The van der Waals surface area contributed by atoms with Crippen molar-refractivity contribution < 1.29 is 4.42 Å². The van der Waals surface area contributed by atoms with Gasteiger partial charge in [-0.25, -0.2) is 0 Å². The van der Waals surface area contributed by atoms with Gasteiger partial charge in [-0.1, -0.05) is 12.1 Å². The minimum atomic E-state index is 0.768. The fourth-order valence-corrected chi connectivity index (χ4v) is 2.42. The first-order chi connectivity index (χ1) is 9.69. The summed E-state index contributed by atoms with van der Waals surface area (Å²) in [6.45, 7) is 1.62. The van der Waals surface area contributed by atoms with Crippen LogP contribution < -0.4 is 10.2 Å². The second kappa shape index (κ2) is 7.41. The van der Waals surface area contributed by atoms with Gasteiger partial charge in [-0.2, -0.15) is 11.8 Å². The van der Waals surface area contributed by atoms with Crippen LogP contribution in [0.15, 0.2) is 40.8 Å². The molecule has 1 N–H and O–H groups in total. The van der Waals surface area contributed by atoms with Gasteiger partial charge in [0.1, 0.15) is 11.5 Å². The molecular formula is C16H22N2OS. The minimum Gasteiger partial charge on any atom is -0.464 e. The molecule has 0 aliphatic heterocycles. The maximum atomic E-state index is 5.72. The summed E-state index contributed by atoms with van der Waals surface area (Å²) in [5.41, 5.74) is 2.51. The number of benzene rings is 1. The van der Waals surface area contributed by atoms with E-state index in [1.54, 1.807) is 11.8 Å². The Morgan fingerprint density at radius 1 is 1.00 bits per heavy atom. The van der Waals surface area contributed by atoms with Gasteiger partial charge in [-0.15, -0.1) is 0 Å². The van der Waals surface area contributed by atoms with Gasteiger partial charge in [-0.3, -0.25) is 0 Å². The zero-order valence-corrected chi connectivity index (χ0v) is 13.2. The second-order valence-corrected chi connectivity index (χ2v) is 5.83. The molecule has 1 heterocycles. The predicted molar refractivity (Wildman–Crippen MR) is 87.2 cm³/mol. The normalized spacial score (nSPS) is 10.8. The number of furan rings is 1. The van der Waals surface area contributed by atoms with Crippen LogP contribution in [0.1, 0.15) is 17.1 Å². The Morgan fingerprint density at radius 2 is 1.70 bits per heavy atom. The average molecular weight is 290 g/mol. The molecule has 20 heavy (non-hydrogen) atoms. The smallest absolute Gasteiger partial charge is 0.118 e. The van der Waals surface area contributed by atoms with E-state index in [2.05, 4.69) is 60.9 Å². The fraction of sp³-hybridized carbons (Fsp3) is 0.375. The van der Waals surface area contributed by atoms with Crippen molar-refractivity contribution in [2.24, 2.45) is 0 Å². The Hall–Kier alpha value is -1.39. The number of anilines is 1. The Morgan fingerprint density at radius 3 is 2.35 bits per heavy atom. The SMILES string of the molecule is CSCc1ccc(CNCc2ccc(N(C)C)cc2)o1. The van der Waals surface area contributed by atoms with Gasteiger partial charge in [0.25, 0.3) is 0 Å². The molecule has 4 heteroatoms. The number of nitrogens with zero attached hydrogens (tertiary/aromatic N) is 1. The third-order valence-corrected chi connectivity index (χ3v) is 3.66. The molecule has 0 atom stereocenters. The summed E-state index contributed by atoms with van der Waals surface area (Å²) in [7, 11) is 4.10. The van der Waals surface area contributed by atoms with E-state index in [1.807, 2.05) is 6.07 Å². The Balaban J connectivity index is 1.79. The van der Waals surface area contributed by atoms with Crippen molar-refractivity contribution in [3.8, 4) is 0 Å². The van der Waals surface area contributed by atoms with E-state index in [0.29, 0.717) is 0 Å². The predicted octanol–water partition coefficient (Wildman–Crippen LogP) is 3.50. The first kappa shape index (κ1) is 15.0. The van der Waals surface area contributed by atoms with E-state index >= 15 is 0 Å². The lowest BCUT2D eigenvalue weighted by molar-refractivity contribution is 0.459. The Bertz CT molecular complexity index is 520. The summed E-state index contributed by atoms with van der Waals surface area (Å²) in [5.74, 6) is 2.98. The van der Waals surface area contributed by atoms with Crippen LogP contribution in [0.3, 0.4) is 0 Å². The monoisotopic (exact) mass is 290 g/mol. The van der Waals surface area contributed by atoms with E-state index in [0.717, 1.165) is 30.4 Å². The van der Waals surface area contributed by atoms with Crippen LogP contribution in [0.25, 0.3) is 0 Å². The number of thioether (sulfide) groups is 1. The Kier molecular flexibility index (Phi) is 5.56. The van der Waals surface area contributed by atoms with Crippen molar-refractivity contribution in [3.05, 3.63) is 53.5 Å². The zero-order valence-electron chi connectivity index (χ0n) is 12.3. The van der Waals surface area contributed by atoms with Crippen LogP contribution >= 0.6 is 11.8 Å². The van der Waals surface area contributed by atoms with E-state index < -0.39 is 0 Å². The lowest BCUT2D eigenvalue weighted by Crippen LogP contribution is -2.12. The van der Waals surface area contributed by atoms with Crippen LogP contribution in [0.4, 0.5) is 5.69 Å². The molecule has 1 aromatic carbocycles. The van der Waals surface area contributed by atoms with Crippen molar-refractivity contribution in [2.75, 3.05) is 25.3 Å². The third-order valence-electron chi connectivity index (χ3n) is 3.08. The highest BCUT2D eigenvalue weighted by Crippen LogP contribution is 2.14. The number of nitrogens with one attached hydrogen (secondary N) is 1. The molecule has 2 rings (SSSR count). The highest BCUT2D eigenvalue weighted by molar-refractivity contribution is 7.97. The van der Waals surface area contributed by atoms with Crippen molar-refractivity contribution in [1.29, 1.82) is 0 Å². The summed E-state index contributed by atoms with van der Waals surface area (Å²) in [6, 6.07) is 12.7. The van der Waals surface area contributed by atoms with Gasteiger partial charge < -0.3 is 14.6 Å². The summed E-state index contributed by atoms with van der Waals surface area (Å²) < 4.78 is 5.72. The molecule has 0 radical (unpaired) electrons. The first-order valence-corrected chi connectivity index (χ1v) is 8.12. The van der Waals surface area contributed by atoms with Crippen molar-refractivity contribution >= 4 is 17.4 Å². The summed E-state index contributed by atoms with van der Waals surface area (Å²) in [5, 5.41) is 3.41. The van der Waals surface area contributed by atoms with Crippen LogP contribution in [-0.4, -0.2) is 20.4 Å². The molecule has 0 saturated heterocycles. The van der Waals surface area contributed by atoms with Crippen molar-refractivity contribution in [2.45, 2.75) is 18.8 Å².